The molecule has 5 heteroatoms. The van der Waals surface area contributed by atoms with Gasteiger partial charge in [-0.2, -0.15) is 0 Å². The summed E-state index contributed by atoms with van der Waals surface area (Å²) in [6.07, 6.45) is 1.58. The Morgan fingerprint density at radius 3 is 2.39 bits per heavy atom. The average Bonchev–Trinajstić information content (AvgIpc) is 2.88. The molecule has 0 atom stereocenters. The first-order valence-corrected chi connectivity index (χ1v) is 9.18. The first-order chi connectivity index (χ1) is 13.3. The van der Waals surface area contributed by atoms with E-state index in [1.807, 2.05) is 30.1 Å². The molecule has 1 heterocycles. The van der Waals surface area contributed by atoms with Gasteiger partial charge in [0.25, 0.3) is 0 Å². The predicted octanol–water partition coefficient (Wildman–Crippen LogP) is 3.87. The molecule has 0 spiro atoms. The van der Waals surface area contributed by atoms with Crippen LogP contribution in [0.15, 0.2) is 60.3 Å². The molecule has 1 aliphatic rings. The molecular weight excluding hydrogens is 354 g/mol. The summed E-state index contributed by atoms with van der Waals surface area (Å²) >= 11 is 0. The van der Waals surface area contributed by atoms with Gasteiger partial charge in [0.05, 0.1) is 12.2 Å². The molecule has 0 bridgehead atoms. The van der Waals surface area contributed by atoms with Crippen LogP contribution in [0.3, 0.4) is 0 Å². The van der Waals surface area contributed by atoms with Gasteiger partial charge < -0.3 is 14.4 Å². The number of fused-ring (bicyclic) bond motifs is 1. The Kier molecular flexibility index (Phi) is 5.66. The van der Waals surface area contributed by atoms with Crippen LogP contribution in [0.2, 0.25) is 0 Å². The number of nitrogens with zero attached hydrogens (tertiary/aromatic N) is 1. The number of carbonyl (C=O) groups is 2. The van der Waals surface area contributed by atoms with Gasteiger partial charge >= 0.3 is 5.97 Å². The zero-order valence-corrected chi connectivity index (χ0v) is 16.7. The summed E-state index contributed by atoms with van der Waals surface area (Å²) < 4.78 is 10.2. The van der Waals surface area contributed by atoms with Gasteiger partial charge in [-0.3, -0.25) is 4.79 Å². The Morgan fingerprint density at radius 2 is 1.75 bits per heavy atom. The summed E-state index contributed by atoms with van der Waals surface area (Å²) in [6, 6.07) is 15.0. The molecule has 5 nitrogen and oxygen atoms in total. The van der Waals surface area contributed by atoms with Crippen molar-refractivity contribution in [1.82, 2.24) is 0 Å². The Labute approximate surface area is 165 Å². The number of para-hydroxylation sites is 1. The standard InChI is InChI=1S/C23H25NO4/c1-23(2)19-7-5-6-8-20(19)24(3)21(23)13-18(25)15-28-22(26)17-11-9-16(10-12-17)14-27-4/h5-13H,14-15H2,1-4H3/b21-13+. The molecule has 0 saturated carbocycles. The van der Waals surface area contributed by atoms with Gasteiger partial charge in [0.2, 0.25) is 0 Å². The number of benzene rings is 2. The number of ether oxygens (including phenoxy) is 2. The van der Waals surface area contributed by atoms with Crippen molar-refractivity contribution in [2.75, 3.05) is 25.7 Å². The summed E-state index contributed by atoms with van der Waals surface area (Å²) in [5, 5.41) is 0. The van der Waals surface area contributed by atoms with Gasteiger partial charge in [0, 0.05) is 37.0 Å². The van der Waals surface area contributed by atoms with Gasteiger partial charge in [0.1, 0.15) is 0 Å². The van der Waals surface area contributed by atoms with Crippen LogP contribution in [0, 0.1) is 0 Å². The maximum absolute atomic E-state index is 12.5. The zero-order chi connectivity index (χ0) is 20.3. The second-order valence-corrected chi connectivity index (χ2v) is 7.40. The van der Waals surface area contributed by atoms with E-state index in [0.29, 0.717) is 12.2 Å². The van der Waals surface area contributed by atoms with Crippen molar-refractivity contribution in [1.29, 1.82) is 0 Å². The maximum atomic E-state index is 12.5. The fourth-order valence-corrected chi connectivity index (χ4v) is 3.58. The monoisotopic (exact) mass is 379 g/mol. The molecule has 0 fully saturated rings. The summed E-state index contributed by atoms with van der Waals surface area (Å²) in [5.74, 6) is -0.759. The molecule has 28 heavy (non-hydrogen) atoms. The van der Waals surface area contributed by atoms with E-state index in [-0.39, 0.29) is 17.8 Å². The molecule has 3 rings (SSSR count). The molecule has 0 saturated heterocycles. The first-order valence-electron chi connectivity index (χ1n) is 9.18. The van der Waals surface area contributed by atoms with Gasteiger partial charge in [-0.05, 0) is 29.3 Å². The maximum Gasteiger partial charge on any atom is 0.338 e. The molecule has 2 aromatic carbocycles. The molecular formula is C23H25NO4. The molecule has 0 radical (unpaired) electrons. The summed E-state index contributed by atoms with van der Waals surface area (Å²) in [4.78, 5) is 26.7. The van der Waals surface area contributed by atoms with Crippen LogP contribution < -0.4 is 4.90 Å². The number of esters is 1. The molecule has 0 N–H and O–H groups in total. The van der Waals surface area contributed by atoms with Crippen LogP contribution in [-0.2, 0) is 26.3 Å². The van der Waals surface area contributed by atoms with Gasteiger partial charge in [0.15, 0.2) is 12.4 Å². The number of allylic oxidation sites excluding steroid dienone is 1. The normalized spacial score (nSPS) is 16.1. The summed E-state index contributed by atoms with van der Waals surface area (Å²) in [6.45, 7) is 4.36. The second kappa shape index (κ2) is 7.98. The largest absolute Gasteiger partial charge is 0.454 e. The third kappa shape index (κ3) is 3.85. The SMILES string of the molecule is COCc1ccc(C(=O)OCC(=O)/C=C2/N(C)c3ccccc3C2(C)C)cc1. The van der Waals surface area contributed by atoms with Gasteiger partial charge in [-0.1, -0.05) is 44.2 Å². The van der Waals surface area contributed by atoms with E-state index < -0.39 is 5.97 Å². The predicted molar refractivity (Wildman–Crippen MR) is 108 cm³/mol. The number of ketones is 1. The third-order valence-corrected chi connectivity index (χ3v) is 5.08. The van der Waals surface area contributed by atoms with Crippen molar-refractivity contribution in [2.24, 2.45) is 0 Å². The van der Waals surface area contributed by atoms with E-state index >= 15 is 0 Å². The van der Waals surface area contributed by atoms with Crippen molar-refractivity contribution >= 4 is 17.4 Å². The lowest BCUT2D eigenvalue weighted by atomic mass is 9.83. The van der Waals surface area contributed by atoms with Gasteiger partial charge in [-0.25, -0.2) is 4.79 Å². The molecule has 146 valence electrons. The number of anilines is 1. The minimum atomic E-state index is -0.516. The van der Waals surface area contributed by atoms with Crippen molar-refractivity contribution in [3.8, 4) is 0 Å². The van der Waals surface area contributed by atoms with E-state index in [2.05, 4.69) is 19.9 Å². The van der Waals surface area contributed by atoms with Crippen LogP contribution in [0.4, 0.5) is 5.69 Å². The van der Waals surface area contributed by atoms with Crippen molar-refractivity contribution in [2.45, 2.75) is 25.9 Å². The number of hydrogen-bond donors (Lipinski definition) is 0. The van der Waals surface area contributed by atoms with E-state index in [1.165, 1.54) is 5.56 Å². The van der Waals surface area contributed by atoms with Crippen LogP contribution in [0.5, 0.6) is 0 Å². The lowest BCUT2D eigenvalue weighted by molar-refractivity contribution is -0.117. The molecule has 0 aliphatic carbocycles. The fraction of sp³-hybridized carbons (Fsp3) is 0.304. The average molecular weight is 379 g/mol. The van der Waals surface area contributed by atoms with E-state index in [4.69, 9.17) is 9.47 Å². The third-order valence-electron chi connectivity index (χ3n) is 5.08. The second-order valence-electron chi connectivity index (χ2n) is 7.40. The zero-order valence-electron chi connectivity index (χ0n) is 16.7. The number of likely N-dealkylation sites (N-methyl/N-ethyl adjacent to an activating group) is 1. The summed E-state index contributed by atoms with van der Waals surface area (Å²) in [7, 11) is 3.56. The quantitative estimate of drug-likeness (QED) is 0.563. The highest BCUT2D eigenvalue weighted by molar-refractivity contribution is 5.96. The number of rotatable bonds is 6. The smallest absolute Gasteiger partial charge is 0.338 e. The highest BCUT2D eigenvalue weighted by atomic mass is 16.5. The van der Waals surface area contributed by atoms with Gasteiger partial charge in [-0.15, -0.1) is 0 Å². The molecule has 1 aliphatic heterocycles. The highest BCUT2D eigenvalue weighted by Crippen LogP contribution is 2.46. The summed E-state index contributed by atoms with van der Waals surface area (Å²) in [5.41, 5.74) is 4.22. The number of carbonyl (C=O) groups excluding carboxylic acids is 2. The fourth-order valence-electron chi connectivity index (χ4n) is 3.58. The topological polar surface area (TPSA) is 55.8 Å². The minimum absolute atomic E-state index is 0.243. The first kappa shape index (κ1) is 19.8. The van der Waals surface area contributed by atoms with Crippen molar-refractivity contribution < 1.29 is 19.1 Å². The Balaban J connectivity index is 1.66. The Hall–Kier alpha value is -2.92. The Bertz CT molecular complexity index is 912. The van der Waals surface area contributed by atoms with Crippen LogP contribution >= 0.6 is 0 Å². The van der Waals surface area contributed by atoms with Crippen LogP contribution in [0.25, 0.3) is 0 Å². The highest BCUT2D eigenvalue weighted by Gasteiger charge is 2.38. The Morgan fingerprint density at radius 1 is 1.07 bits per heavy atom. The van der Waals surface area contributed by atoms with Crippen LogP contribution in [0.1, 0.15) is 35.3 Å². The van der Waals surface area contributed by atoms with Crippen molar-refractivity contribution in [3.63, 3.8) is 0 Å². The number of hydrogen-bond acceptors (Lipinski definition) is 5. The lowest BCUT2D eigenvalue weighted by Gasteiger charge is -2.23. The van der Waals surface area contributed by atoms with Crippen LogP contribution in [-0.4, -0.2) is 32.5 Å². The van der Waals surface area contributed by atoms with E-state index in [1.54, 1.807) is 37.5 Å². The van der Waals surface area contributed by atoms with Crippen molar-refractivity contribution in [3.05, 3.63) is 77.0 Å². The van der Waals surface area contributed by atoms with E-state index in [9.17, 15) is 9.59 Å². The van der Waals surface area contributed by atoms with E-state index in [0.717, 1.165) is 16.9 Å². The molecule has 0 aromatic heterocycles. The minimum Gasteiger partial charge on any atom is -0.454 e. The molecule has 0 amide bonds. The lowest BCUT2D eigenvalue weighted by Crippen LogP contribution is -2.25. The molecule has 0 unspecified atom stereocenters. The molecule has 2 aromatic rings. The number of methoxy groups -OCH3 is 1.